The number of carbonyl (C=O) groups excluding carboxylic acids is 1. The fourth-order valence-corrected chi connectivity index (χ4v) is 3.09. The Bertz CT molecular complexity index is 1000. The Balaban J connectivity index is 2.04. The van der Waals surface area contributed by atoms with Gasteiger partial charge in [0.15, 0.2) is 15.8 Å². The second kappa shape index (κ2) is 6.71. The molecule has 1 amide bonds. The minimum atomic E-state index is -3.31. The van der Waals surface area contributed by atoms with Crippen molar-refractivity contribution in [2.75, 3.05) is 17.5 Å². The number of sulfone groups is 1. The van der Waals surface area contributed by atoms with Crippen molar-refractivity contribution in [2.24, 2.45) is 0 Å². The van der Waals surface area contributed by atoms with Gasteiger partial charge in [-0.3, -0.25) is 4.79 Å². The zero-order chi connectivity index (χ0) is 18.2. The van der Waals surface area contributed by atoms with Gasteiger partial charge in [-0.05, 0) is 36.4 Å². The van der Waals surface area contributed by atoms with Gasteiger partial charge in [-0.25, -0.2) is 8.42 Å². The van der Waals surface area contributed by atoms with Crippen LogP contribution in [0, 0.1) is 0 Å². The van der Waals surface area contributed by atoms with Gasteiger partial charge < -0.3 is 10.1 Å². The van der Waals surface area contributed by atoms with Crippen molar-refractivity contribution in [3.8, 4) is 5.75 Å². The molecule has 25 heavy (non-hydrogen) atoms. The van der Waals surface area contributed by atoms with Crippen molar-refractivity contribution in [3.63, 3.8) is 0 Å². The van der Waals surface area contributed by atoms with Crippen LogP contribution in [0.15, 0.2) is 36.4 Å². The first-order chi connectivity index (χ1) is 11.7. The Kier molecular flexibility index (Phi) is 4.77. The zero-order valence-electron chi connectivity index (χ0n) is 13.0. The topological polar surface area (TPSA) is 72.5 Å². The minimum Gasteiger partial charge on any atom is -0.477 e. The maximum absolute atomic E-state index is 12.3. The summed E-state index contributed by atoms with van der Waals surface area (Å²) < 4.78 is 28.0. The number of hydrogen-bond donors (Lipinski definition) is 1. The highest BCUT2D eigenvalue weighted by Crippen LogP contribution is 2.36. The molecule has 2 aromatic carbocycles. The smallest absolute Gasteiger partial charge is 0.256 e. The number of carbonyl (C=O) groups is 1. The van der Waals surface area contributed by atoms with Gasteiger partial charge in [0.25, 0.3) is 5.91 Å². The molecule has 0 atom stereocenters. The van der Waals surface area contributed by atoms with E-state index in [-0.39, 0.29) is 5.91 Å². The summed E-state index contributed by atoms with van der Waals surface area (Å²) in [5.74, 6) is -0.438. The number of hydrogen-bond acceptors (Lipinski definition) is 4. The number of amides is 1. The van der Waals surface area contributed by atoms with Gasteiger partial charge in [0.1, 0.15) is 5.75 Å². The number of anilines is 1. The van der Waals surface area contributed by atoms with Gasteiger partial charge in [-0.2, -0.15) is 0 Å². The third kappa shape index (κ3) is 4.15. The van der Waals surface area contributed by atoms with Crippen LogP contribution < -0.4 is 10.1 Å². The van der Waals surface area contributed by atoms with E-state index in [0.29, 0.717) is 38.2 Å². The average molecular weight is 398 g/mol. The Morgan fingerprint density at radius 1 is 1.12 bits per heavy atom. The van der Waals surface area contributed by atoms with Crippen LogP contribution in [0.3, 0.4) is 0 Å². The van der Waals surface area contributed by atoms with Gasteiger partial charge in [0.05, 0.1) is 5.69 Å². The van der Waals surface area contributed by atoms with E-state index in [1.807, 2.05) is 0 Å². The Morgan fingerprint density at radius 3 is 2.52 bits per heavy atom. The molecule has 0 aromatic heterocycles. The Morgan fingerprint density at radius 2 is 1.80 bits per heavy atom. The third-order valence-electron chi connectivity index (χ3n) is 3.46. The minimum absolute atomic E-state index is 0.286. The molecular weight excluding hydrogens is 385 g/mol. The lowest BCUT2D eigenvalue weighted by Gasteiger charge is -2.09. The molecule has 0 bridgehead atoms. The van der Waals surface area contributed by atoms with E-state index in [1.165, 1.54) is 0 Å². The molecule has 0 fully saturated rings. The molecule has 5 nitrogen and oxygen atoms in total. The Labute approximate surface area is 155 Å². The van der Waals surface area contributed by atoms with Crippen molar-refractivity contribution < 1.29 is 17.9 Å². The highest BCUT2D eigenvalue weighted by molar-refractivity contribution is 7.90. The molecule has 1 aliphatic rings. The number of halogens is 2. The molecular formula is C17H13Cl2NO4S. The van der Waals surface area contributed by atoms with E-state index in [4.69, 9.17) is 27.9 Å². The molecule has 2 aromatic rings. The molecule has 0 saturated heterocycles. The third-order valence-corrected chi connectivity index (χ3v) is 4.48. The second-order valence-electron chi connectivity index (χ2n) is 5.57. The van der Waals surface area contributed by atoms with Crippen LogP contribution in [0.4, 0.5) is 5.69 Å². The van der Waals surface area contributed by atoms with Crippen LogP contribution in [-0.4, -0.2) is 26.5 Å². The van der Waals surface area contributed by atoms with E-state index in [2.05, 4.69) is 5.32 Å². The van der Waals surface area contributed by atoms with Crippen molar-refractivity contribution in [1.29, 1.82) is 0 Å². The summed E-state index contributed by atoms with van der Waals surface area (Å²) in [4.78, 5) is 12.3. The van der Waals surface area contributed by atoms with Crippen LogP contribution in [-0.2, 0) is 14.6 Å². The SMILES string of the molecule is CS(=O)(=O)COc1ccc(Cl)cc1/C=C1\C(=O)Nc2cc(Cl)ccc21. The van der Waals surface area contributed by atoms with E-state index in [1.54, 1.807) is 42.5 Å². The largest absolute Gasteiger partial charge is 0.477 e. The van der Waals surface area contributed by atoms with Gasteiger partial charge in [0, 0.05) is 33.0 Å². The molecule has 3 rings (SSSR count). The summed E-state index contributed by atoms with van der Waals surface area (Å²) in [6.45, 7) is 0. The molecule has 1 N–H and O–H groups in total. The quantitative estimate of drug-likeness (QED) is 0.794. The maximum Gasteiger partial charge on any atom is 0.256 e. The summed E-state index contributed by atoms with van der Waals surface area (Å²) in [5.41, 5.74) is 2.23. The molecule has 130 valence electrons. The molecule has 8 heteroatoms. The number of rotatable bonds is 4. The molecule has 1 aliphatic heterocycles. The van der Waals surface area contributed by atoms with Crippen molar-refractivity contribution in [1.82, 2.24) is 0 Å². The fourth-order valence-electron chi connectivity index (χ4n) is 2.40. The van der Waals surface area contributed by atoms with E-state index >= 15 is 0 Å². The van der Waals surface area contributed by atoms with Crippen LogP contribution in [0.25, 0.3) is 11.6 Å². The standard InChI is InChI=1S/C17H13Cl2NO4S/c1-25(22,23)9-24-16-5-3-11(18)6-10(16)7-14-13-4-2-12(19)8-15(13)20-17(14)21/h2-8H,9H2,1H3,(H,20,21)/b14-7-. The molecule has 1 heterocycles. The number of nitrogens with one attached hydrogen (secondary N) is 1. The first-order valence-electron chi connectivity index (χ1n) is 7.16. The predicted octanol–water partition coefficient (Wildman–Crippen LogP) is 3.87. The second-order valence-corrected chi connectivity index (χ2v) is 8.53. The maximum atomic E-state index is 12.3. The first kappa shape index (κ1) is 17.8. The molecule has 0 saturated carbocycles. The molecule has 0 radical (unpaired) electrons. The van der Waals surface area contributed by atoms with Gasteiger partial charge in [-0.1, -0.05) is 29.3 Å². The van der Waals surface area contributed by atoms with E-state index in [9.17, 15) is 13.2 Å². The first-order valence-corrected chi connectivity index (χ1v) is 9.98. The lowest BCUT2D eigenvalue weighted by atomic mass is 10.0. The van der Waals surface area contributed by atoms with Crippen LogP contribution >= 0.6 is 23.2 Å². The van der Waals surface area contributed by atoms with Crippen molar-refractivity contribution in [3.05, 3.63) is 57.6 Å². The lowest BCUT2D eigenvalue weighted by molar-refractivity contribution is -0.110. The highest BCUT2D eigenvalue weighted by Gasteiger charge is 2.24. The highest BCUT2D eigenvalue weighted by atomic mass is 35.5. The van der Waals surface area contributed by atoms with E-state index < -0.39 is 15.8 Å². The van der Waals surface area contributed by atoms with Gasteiger partial charge in [-0.15, -0.1) is 0 Å². The molecule has 0 unspecified atom stereocenters. The van der Waals surface area contributed by atoms with Crippen LogP contribution in [0.2, 0.25) is 10.0 Å². The summed E-state index contributed by atoms with van der Waals surface area (Å²) >= 11 is 12.0. The molecule has 0 spiro atoms. The predicted molar refractivity (Wildman–Crippen MR) is 99.7 cm³/mol. The van der Waals surface area contributed by atoms with Crippen molar-refractivity contribution >= 4 is 56.3 Å². The Hall–Kier alpha value is -2.02. The number of ether oxygens (including phenoxy) is 1. The van der Waals surface area contributed by atoms with Gasteiger partial charge >= 0.3 is 0 Å². The average Bonchev–Trinajstić information content (AvgIpc) is 2.80. The summed E-state index contributed by atoms with van der Waals surface area (Å²) in [7, 11) is -3.31. The van der Waals surface area contributed by atoms with Crippen molar-refractivity contribution in [2.45, 2.75) is 0 Å². The lowest BCUT2D eigenvalue weighted by Crippen LogP contribution is -2.10. The fraction of sp³-hybridized carbons (Fsp3) is 0.118. The summed E-state index contributed by atoms with van der Waals surface area (Å²) in [6, 6.07) is 9.84. The summed E-state index contributed by atoms with van der Waals surface area (Å²) in [5, 5.41) is 3.69. The molecule has 0 aliphatic carbocycles. The number of fused-ring (bicyclic) bond motifs is 1. The summed E-state index contributed by atoms with van der Waals surface area (Å²) in [6.07, 6.45) is 2.68. The number of benzene rings is 2. The van der Waals surface area contributed by atoms with Crippen LogP contribution in [0.1, 0.15) is 11.1 Å². The van der Waals surface area contributed by atoms with Gasteiger partial charge in [0.2, 0.25) is 0 Å². The van der Waals surface area contributed by atoms with E-state index in [0.717, 1.165) is 6.26 Å². The monoisotopic (exact) mass is 397 g/mol. The zero-order valence-corrected chi connectivity index (χ0v) is 15.4. The normalized spacial score (nSPS) is 15.2. The van der Waals surface area contributed by atoms with Crippen LogP contribution in [0.5, 0.6) is 5.75 Å².